The molecule has 0 aliphatic heterocycles. The standard InChI is InChI=1S/C35H28NO.C14H16GeN.Ir/c1-2-9-26(10-3-1)27-13-15-28(16-14-27)30-11-6-12-33-35(30)31-18-17-29(23-34(31)37-33)32-22-25(19-20-36-32)21-24-7-4-5-8-24;1-15(2,3)13-9-10-14(16-11-13)12-7-5-4-6-8-12;/h1-3,6,9-20,22,24H,4-5,7-8,21H2;4-7,9-11H,1-3H3;/q2*-1;/i21D2;;. The number of fused-ring (bicyclic) bond motifs is 3. The van der Waals surface area contributed by atoms with Gasteiger partial charge in [-0.1, -0.05) is 115 Å². The van der Waals surface area contributed by atoms with E-state index < -0.39 is 19.6 Å². The van der Waals surface area contributed by atoms with Gasteiger partial charge in [-0.25, -0.2) is 0 Å². The third-order valence-corrected chi connectivity index (χ3v) is 14.4. The fourth-order valence-corrected chi connectivity index (χ4v) is 9.31. The van der Waals surface area contributed by atoms with Crippen LogP contribution in [0.2, 0.25) is 17.3 Å². The van der Waals surface area contributed by atoms with Gasteiger partial charge in [0.15, 0.2) is 0 Å². The van der Waals surface area contributed by atoms with E-state index in [1.807, 2.05) is 66.9 Å². The van der Waals surface area contributed by atoms with E-state index in [-0.39, 0.29) is 26.0 Å². The molecule has 0 bridgehead atoms. The predicted molar refractivity (Wildman–Crippen MR) is 224 cm³/mol. The van der Waals surface area contributed by atoms with E-state index in [2.05, 4.69) is 112 Å². The summed E-state index contributed by atoms with van der Waals surface area (Å²) in [5.41, 5.74) is 10.4. The van der Waals surface area contributed by atoms with E-state index in [4.69, 9.17) is 7.16 Å². The van der Waals surface area contributed by atoms with Crippen LogP contribution in [0.15, 0.2) is 150 Å². The number of furan rings is 1. The first kappa shape index (κ1) is 35.1. The molecule has 3 nitrogen and oxygen atoms in total. The van der Waals surface area contributed by atoms with E-state index >= 15 is 0 Å². The van der Waals surface area contributed by atoms with Crippen molar-refractivity contribution in [3.05, 3.63) is 164 Å². The summed E-state index contributed by atoms with van der Waals surface area (Å²) in [6.45, 7) is 0. The summed E-state index contributed by atoms with van der Waals surface area (Å²) in [6, 6.07) is 52.0. The van der Waals surface area contributed by atoms with E-state index in [9.17, 15) is 0 Å². The van der Waals surface area contributed by atoms with Crippen molar-refractivity contribution in [3.8, 4) is 44.8 Å². The van der Waals surface area contributed by atoms with Crippen molar-refractivity contribution >= 4 is 39.6 Å². The molecular formula is C49H44GeIrN2O-2. The molecule has 9 rings (SSSR count). The molecule has 5 aromatic carbocycles. The molecule has 0 saturated heterocycles. The van der Waals surface area contributed by atoms with Gasteiger partial charge in [0.25, 0.3) is 0 Å². The molecule has 1 radical (unpaired) electrons. The molecule has 271 valence electrons. The van der Waals surface area contributed by atoms with Gasteiger partial charge in [-0.05, 0) is 57.8 Å². The van der Waals surface area contributed by atoms with Crippen LogP contribution in [0.4, 0.5) is 0 Å². The fourth-order valence-electron chi connectivity index (χ4n) is 7.14. The van der Waals surface area contributed by atoms with Crippen LogP contribution in [-0.4, -0.2) is 23.2 Å². The van der Waals surface area contributed by atoms with Crippen LogP contribution in [0.25, 0.3) is 66.7 Å². The average molecular weight is 944 g/mol. The molecule has 8 aromatic rings. The summed E-state index contributed by atoms with van der Waals surface area (Å²) in [4.78, 5) is 9.10. The van der Waals surface area contributed by atoms with Gasteiger partial charge < -0.3 is 9.40 Å². The average Bonchev–Trinajstić information content (AvgIpc) is 3.91. The minimum Gasteiger partial charge on any atom is 0 e. The second-order valence-electron chi connectivity index (χ2n) is 14.9. The number of nitrogens with zero attached hydrogens (tertiary/aromatic N) is 2. The molecule has 1 aliphatic carbocycles. The molecule has 0 spiro atoms. The molecule has 0 N–H and O–H groups in total. The van der Waals surface area contributed by atoms with Crippen LogP contribution in [0.5, 0.6) is 0 Å². The number of pyridine rings is 2. The third-order valence-electron chi connectivity index (χ3n) is 10.1. The first-order valence-electron chi connectivity index (χ1n) is 19.6. The summed E-state index contributed by atoms with van der Waals surface area (Å²) in [6.07, 6.45) is 6.50. The van der Waals surface area contributed by atoms with Gasteiger partial charge in [0.05, 0.1) is 5.58 Å². The fraction of sp³-hybridized carbons (Fsp3) is 0.184. The minimum atomic E-state index is -1.72. The van der Waals surface area contributed by atoms with Gasteiger partial charge in [0.1, 0.15) is 5.58 Å². The minimum absolute atomic E-state index is 0. The van der Waals surface area contributed by atoms with Crippen molar-refractivity contribution in [1.29, 1.82) is 0 Å². The summed E-state index contributed by atoms with van der Waals surface area (Å²) in [5.74, 6) is 7.21. The number of hydrogen-bond acceptors (Lipinski definition) is 3. The van der Waals surface area contributed by atoms with E-state index in [1.165, 1.54) is 15.5 Å². The third kappa shape index (κ3) is 8.52. The second kappa shape index (κ2) is 16.8. The summed E-state index contributed by atoms with van der Waals surface area (Å²) < 4.78 is 25.3. The molecule has 3 heterocycles. The zero-order valence-electron chi connectivity index (χ0n) is 32.9. The number of benzene rings is 5. The molecule has 1 aliphatic rings. The molecule has 3 aromatic heterocycles. The number of rotatable bonds is 7. The molecule has 1 fully saturated rings. The Morgan fingerprint density at radius 3 is 2.20 bits per heavy atom. The normalized spacial score (nSPS) is 13.8. The van der Waals surface area contributed by atoms with Gasteiger partial charge in [0.2, 0.25) is 0 Å². The Bertz CT molecular complexity index is 2540. The molecule has 1 saturated carbocycles. The van der Waals surface area contributed by atoms with Crippen LogP contribution < -0.4 is 4.40 Å². The van der Waals surface area contributed by atoms with Crippen LogP contribution in [0.1, 0.15) is 34.0 Å². The Labute approximate surface area is 338 Å². The van der Waals surface area contributed by atoms with Crippen LogP contribution >= 0.6 is 0 Å². The first-order chi connectivity index (χ1) is 26.6. The van der Waals surface area contributed by atoms with Gasteiger partial charge in [0, 0.05) is 29.0 Å². The zero-order valence-corrected chi connectivity index (χ0v) is 35.4. The molecule has 0 unspecified atom stereocenters. The summed E-state index contributed by atoms with van der Waals surface area (Å²) in [7, 11) is 0. The SMILES string of the molecule is [2H]C([2H])(c1ccnc(-c2[c-]c3oc4cccc(-c5ccc(-c6ccccc6)cc5)c4c3cc2)c1)C1CCCC1.[CH3][Ge]([CH3])([CH3])[c]1ccc(-c2[c-]cccc2)nc1.[Ir]. The van der Waals surface area contributed by atoms with Crippen LogP contribution in [0, 0.1) is 18.1 Å². The van der Waals surface area contributed by atoms with Crippen molar-refractivity contribution < 1.29 is 27.3 Å². The Balaban J connectivity index is 0.000000238. The Morgan fingerprint density at radius 1 is 0.722 bits per heavy atom. The largest absolute Gasteiger partial charge is 0 e. The molecule has 0 atom stereocenters. The summed E-state index contributed by atoms with van der Waals surface area (Å²) in [5, 5.41) is 2.08. The molecule has 5 heteroatoms. The second-order valence-corrected chi connectivity index (χ2v) is 25.5. The number of aromatic nitrogens is 2. The quantitative estimate of drug-likeness (QED) is 0.118. The van der Waals surface area contributed by atoms with E-state index in [0.717, 1.165) is 70.0 Å². The van der Waals surface area contributed by atoms with Crippen molar-refractivity contribution in [2.24, 2.45) is 5.92 Å². The molecule has 0 amide bonds. The predicted octanol–water partition coefficient (Wildman–Crippen LogP) is 12.6. The summed E-state index contributed by atoms with van der Waals surface area (Å²) >= 11 is -1.72. The van der Waals surface area contributed by atoms with Crippen LogP contribution in [-0.2, 0) is 26.5 Å². The Hall–Kier alpha value is -4.61. The first-order valence-corrected chi connectivity index (χ1v) is 25.9. The monoisotopic (exact) mass is 945 g/mol. The zero-order chi connectivity index (χ0) is 38.0. The molecule has 54 heavy (non-hydrogen) atoms. The van der Waals surface area contributed by atoms with Crippen molar-refractivity contribution in [2.45, 2.75) is 49.3 Å². The Kier molecular flexibility index (Phi) is 10.9. The van der Waals surface area contributed by atoms with E-state index in [1.54, 1.807) is 6.20 Å². The van der Waals surface area contributed by atoms with Crippen molar-refractivity contribution in [2.75, 3.05) is 0 Å². The van der Waals surface area contributed by atoms with E-state index in [0.29, 0.717) is 16.8 Å². The maximum Gasteiger partial charge on any atom is 0 e. The van der Waals surface area contributed by atoms with Crippen molar-refractivity contribution in [1.82, 2.24) is 9.97 Å². The van der Waals surface area contributed by atoms with Gasteiger partial charge in [-0.15, -0.1) is 17.7 Å². The van der Waals surface area contributed by atoms with Gasteiger partial charge >= 0.3 is 99.8 Å². The molecular weight excluding hydrogens is 897 g/mol. The Morgan fingerprint density at radius 2 is 1.48 bits per heavy atom. The number of hydrogen-bond donors (Lipinski definition) is 0. The van der Waals surface area contributed by atoms with Gasteiger partial charge in [-0.3, -0.25) is 0 Å². The van der Waals surface area contributed by atoms with Gasteiger partial charge in [-0.2, -0.15) is 0 Å². The van der Waals surface area contributed by atoms with Crippen molar-refractivity contribution in [3.63, 3.8) is 0 Å². The smallest absolute Gasteiger partial charge is 0 e. The maximum atomic E-state index is 8.81. The maximum absolute atomic E-state index is 8.81. The topological polar surface area (TPSA) is 38.9 Å². The van der Waals surface area contributed by atoms with Crippen LogP contribution in [0.3, 0.4) is 0 Å².